The summed E-state index contributed by atoms with van der Waals surface area (Å²) in [6.07, 6.45) is 0.643. The van der Waals surface area contributed by atoms with Gasteiger partial charge in [-0.3, -0.25) is 9.59 Å². The zero-order valence-corrected chi connectivity index (χ0v) is 27.5. The van der Waals surface area contributed by atoms with Crippen molar-refractivity contribution in [3.63, 3.8) is 0 Å². The number of hydrogen-bond acceptors (Lipinski definition) is 4. The summed E-state index contributed by atoms with van der Waals surface area (Å²) in [5.41, 5.74) is 5.21. The van der Waals surface area contributed by atoms with Crippen molar-refractivity contribution in [3.8, 4) is 34.5 Å². The Balaban J connectivity index is 1.05. The maximum Gasteiger partial charge on any atom is 0.319 e. The van der Waals surface area contributed by atoms with Crippen LogP contribution in [-0.4, -0.2) is 16.9 Å². The van der Waals surface area contributed by atoms with Gasteiger partial charge in [0.05, 0.1) is 0 Å². The molecular formula is C43H34ClNO4. The molecule has 242 valence electrons. The molecule has 0 fully saturated rings. The van der Waals surface area contributed by atoms with Gasteiger partial charge < -0.3 is 15.2 Å². The van der Waals surface area contributed by atoms with E-state index in [0.29, 0.717) is 22.8 Å². The number of benzene rings is 6. The topological polar surface area (TPSA) is 75.6 Å². The standard InChI is InChI=1S/C43H34ClNO4/c44-36-23-26-41(45-29-35-12-8-11-33-9-4-6-15-39(33)35)40(28-36)42(46)16-7-5-10-34(43(47)48)27-30-17-19-31(20-18-30)32-21-24-38(25-22-32)49-37-13-2-1-3-14-37/h1-4,6,8-9,11-15,17-26,28,34,45H,7,16,27,29H2,(H,47,48). The highest BCUT2D eigenvalue weighted by Gasteiger charge is 2.16. The molecule has 49 heavy (non-hydrogen) atoms. The maximum absolute atomic E-state index is 13.3. The second-order valence-corrected chi connectivity index (χ2v) is 12.1. The lowest BCUT2D eigenvalue weighted by molar-refractivity contribution is -0.139. The molecule has 0 aliphatic rings. The van der Waals surface area contributed by atoms with Crippen LogP contribution < -0.4 is 10.1 Å². The van der Waals surface area contributed by atoms with E-state index >= 15 is 0 Å². The minimum Gasteiger partial charge on any atom is -0.480 e. The normalized spacial score (nSPS) is 11.3. The first-order valence-corrected chi connectivity index (χ1v) is 16.5. The number of ketones is 1. The molecule has 6 heteroatoms. The Hall–Kier alpha value is -5.83. The number of nitrogens with one attached hydrogen (secondary N) is 1. The third kappa shape index (κ3) is 8.75. The number of hydrogen-bond donors (Lipinski definition) is 2. The summed E-state index contributed by atoms with van der Waals surface area (Å²) in [5, 5.41) is 16.0. The van der Waals surface area contributed by atoms with Crippen molar-refractivity contribution in [1.29, 1.82) is 0 Å². The lowest BCUT2D eigenvalue weighted by atomic mass is 9.97. The van der Waals surface area contributed by atoms with Gasteiger partial charge in [0.15, 0.2) is 5.78 Å². The number of carboxylic acids is 1. The van der Waals surface area contributed by atoms with E-state index in [1.807, 2.05) is 103 Å². The zero-order chi connectivity index (χ0) is 34.0. The molecule has 6 aromatic carbocycles. The number of halogens is 1. The first-order chi connectivity index (χ1) is 23.9. The monoisotopic (exact) mass is 663 g/mol. The molecule has 1 unspecified atom stereocenters. The van der Waals surface area contributed by atoms with Crippen molar-refractivity contribution in [2.45, 2.75) is 25.8 Å². The molecule has 0 saturated carbocycles. The van der Waals surface area contributed by atoms with Crippen molar-refractivity contribution in [1.82, 2.24) is 0 Å². The van der Waals surface area contributed by atoms with Gasteiger partial charge in [0.1, 0.15) is 17.4 Å². The molecule has 0 heterocycles. The van der Waals surface area contributed by atoms with Gasteiger partial charge in [-0.25, -0.2) is 0 Å². The number of carbonyl (C=O) groups excluding carboxylic acids is 1. The Labute approximate surface area is 291 Å². The molecule has 6 aromatic rings. The van der Waals surface area contributed by atoms with Crippen molar-refractivity contribution >= 4 is 39.8 Å². The van der Waals surface area contributed by atoms with E-state index in [4.69, 9.17) is 16.3 Å². The van der Waals surface area contributed by atoms with E-state index in [1.165, 1.54) is 0 Å². The highest BCUT2D eigenvalue weighted by molar-refractivity contribution is 6.31. The maximum atomic E-state index is 13.3. The third-order valence-corrected chi connectivity index (χ3v) is 8.48. The van der Waals surface area contributed by atoms with E-state index in [1.54, 1.807) is 12.1 Å². The van der Waals surface area contributed by atoms with E-state index < -0.39 is 11.9 Å². The van der Waals surface area contributed by atoms with Gasteiger partial charge in [-0.05, 0) is 81.9 Å². The fraction of sp³-hybridized carbons (Fsp3) is 0.116. The Kier molecular flexibility index (Phi) is 10.7. The number of fused-ring (bicyclic) bond motifs is 1. The predicted octanol–water partition coefficient (Wildman–Crippen LogP) is 10.5. The number of Topliss-reactive ketones (excluding diaryl/α,β-unsaturated/α-hetero) is 1. The number of carbonyl (C=O) groups is 2. The van der Waals surface area contributed by atoms with Crippen molar-refractivity contribution < 1.29 is 19.4 Å². The molecule has 0 aliphatic carbocycles. The van der Waals surface area contributed by atoms with Crippen LogP contribution in [0.15, 0.2) is 140 Å². The van der Waals surface area contributed by atoms with Gasteiger partial charge >= 0.3 is 5.97 Å². The lowest BCUT2D eigenvalue weighted by Crippen LogP contribution is -2.14. The molecular weight excluding hydrogens is 630 g/mol. The Morgan fingerprint density at radius 2 is 1.43 bits per heavy atom. The quantitative estimate of drug-likeness (QED) is 0.101. The minimum atomic E-state index is -0.994. The highest BCUT2D eigenvalue weighted by atomic mass is 35.5. The van der Waals surface area contributed by atoms with Gasteiger partial charge in [-0.1, -0.05) is 115 Å². The SMILES string of the molecule is O=C(CCC#CC(Cc1ccc(-c2ccc(Oc3ccccc3)cc2)cc1)C(=O)O)c1cc(Cl)ccc1NCc1cccc2ccccc12. The van der Waals surface area contributed by atoms with Crippen LogP contribution in [0.3, 0.4) is 0 Å². The van der Waals surface area contributed by atoms with Crippen LogP contribution in [0.5, 0.6) is 11.5 Å². The molecule has 0 aliphatic heterocycles. The molecule has 5 nitrogen and oxygen atoms in total. The molecule has 0 spiro atoms. The largest absolute Gasteiger partial charge is 0.480 e. The molecule has 1 atom stereocenters. The van der Waals surface area contributed by atoms with E-state index in [0.717, 1.165) is 44.5 Å². The fourth-order valence-electron chi connectivity index (χ4n) is 5.65. The van der Waals surface area contributed by atoms with Gasteiger partial charge in [-0.2, -0.15) is 0 Å². The van der Waals surface area contributed by atoms with Crippen LogP contribution in [-0.2, 0) is 17.8 Å². The molecule has 0 amide bonds. The van der Waals surface area contributed by atoms with Gasteiger partial charge in [0, 0.05) is 35.7 Å². The molecule has 0 aromatic heterocycles. The summed E-state index contributed by atoms with van der Waals surface area (Å²) < 4.78 is 5.88. The number of ether oxygens (including phenoxy) is 1. The van der Waals surface area contributed by atoms with Gasteiger partial charge in [-0.15, -0.1) is 5.92 Å². The Morgan fingerprint density at radius 1 is 0.755 bits per heavy atom. The van der Waals surface area contributed by atoms with Crippen molar-refractivity contribution in [2.24, 2.45) is 5.92 Å². The molecule has 0 bridgehead atoms. The Morgan fingerprint density at radius 3 is 2.18 bits per heavy atom. The number of aliphatic carboxylic acids is 1. The number of para-hydroxylation sites is 1. The number of anilines is 1. The van der Waals surface area contributed by atoms with Crippen molar-refractivity contribution in [3.05, 3.63) is 161 Å². The second kappa shape index (κ2) is 15.8. The highest BCUT2D eigenvalue weighted by Crippen LogP contribution is 2.27. The number of rotatable bonds is 12. The smallest absolute Gasteiger partial charge is 0.319 e. The molecule has 6 rings (SSSR count). The summed E-state index contributed by atoms with van der Waals surface area (Å²) in [6, 6.07) is 44.8. The summed E-state index contributed by atoms with van der Waals surface area (Å²) in [6.45, 7) is 0.542. The average Bonchev–Trinajstić information content (AvgIpc) is 3.13. The Bertz CT molecular complexity index is 2130. The van der Waals surface area contributed by atoms with Crippen LogP contribution in [0.4, 0.5) is 5.69 Å². The van der Waals surface area contributed by atoms with Crippen LogP contribution >= 0.6 is 11.6 Å². The van der Waals surface area contributed by atoms with E-state index in [9.17, 15) is 14.7 Å². The molecule has 2 N–H and O–H groups in total. The van der Waals surface area contributed by atoms with Crippen LogP contribution in [0.25, 0.3) is 21.9 Å². The summed E-state index contributed by atoms with van der Waals surface area (Å²) >= 11 is 6.27. The minimum absolute atomic E-state index is 0.112. The predicted molar refractivity (Wildman–Crippen MR) is 197 cm³/mol. The average molecular weight is 664 g/mol. The van der Waals surface area contributed by atoms with Crippen LogP contribution in [0.1, 0.15) is 34.3 Å². The van der Waals surface area contributed by atoms with E-state index in [2.05, 4.69) is 41.4 Å². The zero-order valence-electron chi connectivity index (χ0n) is 26.7. The summed E-state index contributed by atoms with van der Waals surface area (Å²) in [4.78, 5) is 25.3. The summed E-state index contributed by atoms with van der Waals surface area (Å²) in [7, 11) is 0. The number of carboxylic acid groups (broad SMARTS) is 1. The van der Waals surface area contributed by atoms with Crippen molar-refractivity contribution in [2.75, 3.05) is 5.32 Å². The van der Waals surface area contributed by atoms with Gasteiger partial charge in [0.25, 0.3) is 0 Å². The first-order valence-electron chi connectivity index (χ1n) is 16.1. The van der Waals surface area contributed by atoms with Gasteiger partial charge in [0.2, 0.25) is 0 Å². The molecule has 0 radical (unpaired) electrons. The molecule has 0 saturated heterocycles. The van der Waals surface area contributed by atoms with Crippen LogP contribution in [0.2, 0.25) is 5.02 Å². The van der Waals surface area contributed by atoms with E-state index in [-0.39, 0.29) is 25.0 Å². The summed E-state index contributed by atoms with van der Waals surface area (Å²) in [5.74, 6) is 5.35. The first kappa shape index (κ1) is 33.1. The fourth-order valence-corrected chi connectivity index (χ4v) is 5.83. The lowest BCUT2D eigenvalue weighted by Gasteiger charge is -2.13. The van der Waals surface area contributed by atoms with Crippen LogP contribution in [0, 0.1) is 17.8 Å². The second-order valence-electron chi connectivity index (χ2n) is 11.7. The third-order valence-electron chi connectivity index (χ3n) is 8.24.